The number of hydrogen-bond acceptors (Lipinski definition) is 2. The third-order valence-electron chi connectivity index (χ3n) is 5.01. The Morgan fingerprint density at radius 1 is 1.17 bits per heavy atom. The second-order valence-electron chi connectivity index (χ2n) is 6.57. The molecule has 4 rings (SSSR count). The smallest absolute Gasteiger partial charge is 0.120 e. The summed E-state index contributed by atoms with van der Waals surface area (Å²) in [5.41, 5.74) is 5.20. The third kappa shape index (κ3) is 2.55. The molecule has 3 aromatic rings. The van der Waals surface area contributed by atoms with Gasteiger partial charge >= 0.3 is 0 Å². The largest absolute Gasteiger partial charge is 0.489 e. The Bertz CT molecular complexity index is 918. The summed E-state index contributed by atoms with van der Waals surface area (Å²) in [6, 6.07) is 18.9. The van der Waals surface area contributed by atoms with Crippen molar-refractivity contribution in [1.29, 1.82) is 5.26 Å². The van der Waals surface area contributed by atoms with Crippen LogP contribution in [0.25, 0.3) is 10.9 Å². The molecule has 0 N–H and O–H groups in total. The topological polar surface area (TPSA) is 38.0 Å². The number of aromatic nitrogens is 1. The number of hydrogen-bond donors (Lipinski definition) is 0. The van der Waals surface area contributed by atoms with Crippen molar-refractivity contribution >= 4 is 10.9 Å². The Balaban J connectivity index is 1.62. The van der Waals surface area contributed by atoms with Gasteiger partial charge in [0.05, 0.1) is 6.07 Å². The normalized spacial score (nSPS) is 16.1. The van der Waals surface area contributed by atoms with Crippen molar-refractivity contribution in [2.45, 2.75) is 25.9 Å². The lowest BCUT2D eigenvalue weighted by Crippen LogP contribution is -2.01. The second-order valence-corrected chi connectivity index (χ2v) is 6.57. The van der Waals surface area contributed by atoms with Gasteiger partial charge < -0.3 is 9.30 Å². The lowest BCUT2D eigenvalue weighted by molar-refractivity contribution is 0.306. The molecule has 1 aromatic heterocycles. The lowest BCUT2D eigenvalue weighted by atomic mass is 10.0. The SMILES string of the molecule is Cn1c2c(c3cc(OCc4ccccc4)ccc31)CC(CC#N)C2. The molecular formula is C21H20N2O. The predicted molar refractivity (Wildman–Crippen MR) is 94.8 cm³/mol. The first kappa shape index (κ1) is 14.8. The highest BCUT2D eigenvalue weighted by molar-refractivity contribution is 5.87. The molecule has 0 bridgehead atoms. The molecule has 2 aromatic carbocycles. The Morgan fingerprint density at radius 2 is 2.00 bits per heavy atom. The molecule has 24 heavy (non-hydrogen) atoms. The molecule has 3 nitrogen and oxygen atoms in total. The summed E-state index contributed by atoms with van der Waals surface area (Å²) in [5, 5.41) is 10.2. The Morgan fingerprint density at radius 3 is 2.79 bits per heavy atom. The summed E-state index contributed by atoms with van der Waals surface area (Å²) >= 11 is 0. The van der Waals surface area contributed by atoms with Gasteiger partial charge in [0.25, 0.3) is 0 Å². The van der Waals surface area contributed by atoms with Gasteiger partial charge in [-0.1, -0.05) is 30.3 Å². The van der Waals surface area contributed by atoms with Gasteiger partial charge in [0.1, 0.15) is 12.4 Å². The molecule has 0 spiro atoms. The molecule has 120 valence electrons. The minimum atomic E-state index is 0.462. The molecule has 0 radical (unpaired) electrons. The zero-order valence-electron chi connectivity index (χ0n) is 13.8. The summed E-state index contributed by atoms with van der Waals surface area (Å²) in [5.74, 6) is 1.37. The summed E-state index contributed by atoms with van der Waals surface area (Å²) in [7, 11) is 2.13. The summed E-state index contributed by atoms with van der Waals surface area (Å²) < 4.78 is 8.26. The van der Waals surface area contributed by atoms with Crippen molar-refractivity contribution < 1.29 is 4.74 Å². The first-order valence-corrected chi connectivity index (χ1v) is 8.40. The van der Waals surface area contributed by atoms with E-state index in [9.17, 15) is 0 Å². The fourth-order valence-electron chi connectivity index (χ4n) is 3.78. The van der Waals surface area contributed by atoms with Crippen LogP contribution in [0.1, 0.15) is 23.2 Å². The molecule has 0 aliphatic heterocycles. The fourth-order valence-corrected chi connectivity index (χ4v) is 3.78. The van der Waals surface area contributed by atoms with E-state index in [-0.39, 0.29) is 0 Å². The van der Waals surface area contributed by atoms with Gasteiger partial charge in [0.15, 0.2) is 0 Å². The molecular weight excluding hydrogens is 296 g/mol. The van der Waals surface area contributed by atoms with Gasteiger partial charge in [-0.15, -0.1) is 0 Å². The number of rotatable bonds is 4. The number of aryl methyl sites for hydroxylation is 1. The highest BCUT2D eigenvalue weighted by atomic mass is 16.5. The maximum Gasteiger partial charge on any atom is 0.120 e. The first-order chi connectivity index (χ1) is 11.8. The minimum Gasteiger partial charge on any atom is -0.489 e. The summed E-state index contributed by atoms with van der Waals surface area (Å²) in [6.07, 6.45) is 2.65. The number of nitrogens with zero attached hydrogens (tertiary/aromatic N) is 2. The van der Waals surface area contributed by atoms with E-state index in [2.05, 4.69) is 41.9 Å². The van der Waals surface area contributed by atoms with Gasteiger partial charge in [-0.2, -0.15) is 5.26 Å². The van der Waals surface area contributed by atoms with Crippen LogP contribution in [0.2, 0.25) is 0 Å². The van der Waals surface area contributed by atoms with Crippen molar-refractivity contribution in [2.24, 2.45) is 13.0 Å². The Labute approximate surface area is 142 Å². The maximum absolute atomic E-state index is 8.97. The number of ether oxygens (including phenoxy) is 1. The molecule has 3 heteroatoms. The predicted octanol–water partition coefficient (Wildman–Crippen LogP) is 4.39. The van der Waals surface area contributed by atoms with Crippen LogP contribution in [0.3, 0.4) is 0 Å². The van der Waals surface area contributed by atoms with E-state index >= 15 is 0 Å². The fraction of sp³-hybridized carbons (Fsp3) is 0.286. The van der Waals surface area contributed by atoms with E-state index in [1.165, 1.54) is 27.7 Å². The van der Waals surface area contributed by atoms with Crippen LogP contribution >= 0.6 is 0 Å². The van der Waals surface area contributed by atoms with Gasteiger partial charge in [-0.25, -0.2) is 0 Å². The summed E-state index contributed by atoms with van der Waals surface area (Å²) in [4.78, 5) is 0. The van der Waals surface area contributed by atoms with Crippen LogP contribution in [-0.2, 0) is 26.5 Å². The average Bonchev–Trinajstić information content (AvgIpc) is 3.13. The lowest BCUT2D eigenvalue weighted by Gasteiger charge is -2.09. The molecule has 0 saturated carbocycles. The van der Waals surface area contributed by atoms with Crippen LogP contribution in [0.5, 0.6) is 5.75 Å². The minimum absolute atomic E-state index is 0.462. The van der Waals surface area contributed by atoms with E-state index in [1.807, 2.05) is 24.3 Å². The second kappa shape index (κ2) is 6.05. The van der Waals surface area contributed by atoms with E-state index in [1.54, 1.807) is 0 Å². The van der Waals surface area contributed by atoms with Crippen LogP contribution < -0.4 is 4.74 Å². The number of fused-ring (bicyclic) bond motifs is 3. The molecule has 0 fully saturated rings. The molecule has 0 amide bonds. The standard InChI is InChI=1S/C21H20N2O/c1-23-20-8-7-17(24-14-15-5-3-2-4-6-15)13-19(20)18-11-16(9-10-22)12-21(18)23/h2-8,13,16H,9,11-12,14H2,1H3. The monoisotopic (exact) mass is 316 g/mol. The zero-order valence-corrected chi connectivity index (χ0v) is 13.8. The number of benzene rings is 2. The van der Waals surface area contributed by atoms with Crippen molar-refractivity contribution in [3.63, 3.8) is 0 Å². The molecule has 1 unspecified atom stereocenters. The number of nitriles is 1. The van der Waals surface area contributed by atoms with Gasteiger partial charge in [-0.3, -0.25) is 0 Å². The first-order valence-electron chi connectivity index (χ1n) is 8.40. The summed E-state index contributed by atoms with van der Waals surface area (Å²) in [6.45, 7) is 0.582. The van der Waals surface area contributed by atoms with Crippen LogP contribution in [0.15, 0.2) is 48.5 Å². The molecule has 1 heterocycles. The van der Waals surface area contributed by atoms with E-state index in [0.717, 1.165) is 18.6 Å². The molecule has 1 aliphatic carbocycles. The highest BCUT2D eigenvalue weighted by Gasteiger charge is 2.27. The van der Waals surface area contributed by atoms with E-state index < -0.39 is 0 Å². The van der Waals surface area contributed by atoms with Crippen LogP contribution in [0.4, 0.5) is 0 Å². The van der Waals surface area contributed by atoms with Crippen LogP contribution in [0, 0.1) is 17.2 Å². The van der Waals surface area contributed by atoms with Crippen LogP contribution in [-0.4, -0.2) is 4.57 Å². The van der Waals surface area contributed by atoms with E-state index in [4.69, 9.17) is 10.00 Å². The van der Waals surface area contributed by atoms with Gasteiger partial charge in [0.2, 0.25) is 0 Å². The average molecular weight is 316 g/mol. The molecule has 0 saturated heterocycles. The van der Waals surface area contributed by atoms with Crippen molar-refractivity contribution in [3.05, 3.63) is 65.4 Å². The Hall–Kier alpha value is -2.73. The highest BCUT2D eigenvalue weighted by Crippen LogP contribution is 2.37. The Kier molecular flexibility index (Phi) is 3.74. The maximum atomic E-state index is 8.97. The van der Waals surface area contributed by atoms with Gasteiger partial charge in [-0.05, 0) is 48.1 Å². The zero-order chi connectivity index (χ0) is 16.5. The molecule has 1 atom stereocenters. The van der Waals surface area contributed by atoms with E-state index in [0.29, 0.717) is 18.9 Å². The van der Waals surface area contributed by atoms with Gasteiger partial charge in [0, 0.05) is 30.1 Å². The van der Waals surface area contributed by atoms with Crippen molar-refractivity contribution in [3.8, 4) is 11.8 Å². The van der Waals surface area contributed by atoms with Crippen molar-refractivity contribution in [1.82, 2.24) is 4.57 Å². The molecule has 1 aliphatic rings. The van der Waals surface area contributed by atoms with Crippen molar-refractivity contribution in [2.75, 3.05) is 0 Å². The third-order valence-corrected chi connectivity index (χ3v) is 5.01. The quantitative estimate of drug-likeness (QED) is 0.716.